The predicted octanol–water partition coefficient (Wildman–Crippen LogP) is 3.40. The van der Waals surface area contributed by atoms with Crippen molar-refractivity contribution in [2.75, 3.05) is 26.8 Å². The number of pyridine rings is 1. The Hall–Kier alpha value is -2.58. The number of likely N-dealkylation sites (tertiary alicyclic amines) is 1. The molecule has 144 valence electrons. The first-order valence-corrected chi connectivity index (χ1v) is 9.72. The molecule has 0 saturated carbocycles. The average Bonchev–Trinajstić information content (AvgIpc) is 3.36. The van der Waals surface area contributed by atoms with Crippen LogP contribution in [0.4, 0.5) is 0 Å². The van der Waals surface area contributed by atoms with E-state index < -0.39 is 0 Å². The van der Waals surface area contributed by atoms with Crippen LogP contribution in [0.5, 0.6) is 0 Å². The van der Waals surface area contributed by atoms with Crippen molar-refractivity contribution in [3.63, 3.8) is 0 Å². The number of benzene rings is 1. The number of hydrogen-bond acceptors (Lipinski definition) is 6. The minimum absolute atomic E-state index is 0.0693. The molecule has 1 amide bonds. The maximum atomic E-state index is 12.9. The highest BCUT2D eigenvalue weighted by molar-refractivity contribution is 9.10. The van der Waals surface area contributed by atoms with E-state index in [9.17, 15) is 4.79 Å². The Balaban J connectivity index is 1.56. The lowest BCUT2D eigenvalue weighted by atomic mass is 9.97. The van der Waals surface area contributed by atoms with E-state index in [1.165, 1.54) is 0 Å². The van der Waals surface area contributed by atoms with E-state index in [0.717, 1.165) is 10.0 Å². The van der Waals surface area contributed by atoms with Gasteiger partial charge in [0.2, 0.25) is 11.8 Å². The fourth-order valence-electron chi connectivity index (χ4n) is 3.49. The second-order valence-corrected chi connectivity index (χ2v) is 7.65. The molecule has 7 nitrogen and oxygen atoms in total. The molecule has 2 aromatic heterocycles. The van der Waals surface area contributed by atoms with Gasteiger partial charge >= 0.3 is 0 Å². The molecule has 0 bridgehead atoms. The van der Waals surface area contributed by atoms with Crippen LogP contribution in [0, 0.1) is 5.92 Å². The van der Waals surface area contributed by atoms with Crippen molar-refractivity contribution in [3.05, 3.63) is 64.7 Å². The molecule has 0 N–H and O–H groups in total. The summed E-state index contributed by atoms with van der Waals surface area (Å²) in [5, 5.41) is 8.45. The highest BCUT2D eigenvalue weighted by atomic mass is 79.9. The third kappa shape index (κ3) is 3.83. The number of nitrogens with zero attached hydrogens (tertiary/aromatic N) is 4. The van der Waals surface area contributed by atoms with Gasteiger partial charge in [0.25, 0.3) is 5.91 Å². The van der Waals surface area contributed by atoms with Gasteiger partial charge in [0.15, 0.2) is 0 Å². The maximum absolute atomic E-state index is 12.9. The molecule has 3 aromatic rings. The summed E-state index contributed by atoms with van der Waals surface area (Å²) >= 11 is 3.36. The minimum Gasteiger partial charge on any atom is -0.420 e. The third-order valence-electron chi connectivity index (χ3n) is 4.84. The lowest BCUT2D eigenvalue weighted by Gasteiger charge is -2.16. The second-order valence-electron chi connectivity index (χ2n) is 6.74. The fraction of sp³-hybridized carbons (Fsp3) is 0.300. The number of carbonyl (C=O) groups excluding carboxylic acids is 1. The van der Waals surface area contributed by atoms with Crippen LogP contribution >= 0.6 is 15.9 Å². The zero-order chi connectivity index (χ0) is 19.5. The summed E-state index contributed by atoms with van der Waals surface area (Å²) in [5.41, 5.74) is 1.41. The number of amides is 1. The van der Waals surface area contributed by atoms with E-state index >= 15 is 0 Å². The fourth-order valence-corrected chi connectivity index (χ4v) is 3.86. The highest BCUT2D eigenvalue weighted by Gasteiger charge is 2.39. The smallest absolute Gasteiger partial charge is 0.255 e. The van der Waals surface area contributed by atoms with Crippen molar-refractivity contribution in [2.45, 2.75) is 5.92 Å². The summed E-state index contributed by atoms with van der Waals surface area (Å²) in [6, 6.07) is 11.4. The number of hydrogen-bond donors (Lipinski definition) is 0. The number of halogens is 1. The molecule has 2 atom stereocenters. The largest absolute Gasteiger partial charge is 0.420 e. The molecule has 3 heterocycles. The SMILES string of the molecule is COC[C@@H]1CN(C(=O)c2cncc(Br)c2)C[C@H]1c1nnc(-c2ccccc2)o1. The molecule has 1 saturated heterocycles. The van der Waals surface area contributed by atoms with Crippen LogP contribution in [0.3, 0.4) is 0 Å². The van der Waals surface area contributed by atoms with Crippen LogP contribution in [0.25, 0.3) is 11.5 Å². The Bertz CT molecular complexity index is 963. The number of rotatable bonds is 5. The average molecular weight is 443 g/mol. The number of methoxy groups -OCH3 is 1. The van der Waals surface area contributed by atoms with Crippen molar-refractivity contribution in [2.24, 2.45) is 5.92 Å². The summed E-state index contributed by atoms with van der Waals surface area (Å²) in [5.74, 6) is 0.948. The Morgan fingerprint density at radius 2 is 2.07 bits per heavy atom. The van der Waals surface area contributed by atoms with Crippen molar-refractivity contribution in [1.29, 1.82) is 0 Å². The van der Waals surface area contributed by atoms with Crippen molar-refractivity contribution >= 4 is 21.8 Å². The van der Waals surface area contributed by atoms with Gasteiger partial charge in [-0.2, -0.15) is 0 Å². The first-order valence-electron chi connectivity index (χ1n) is 8.93. The number of ether oxygens (including phenoxy) is 1. The third-order valence-corrected chi connectivity index (χ3v) is 5.27. The molecule has 0 spiro atoms. The van der Waals surface area contributed by atoms with Crippen LogP contribution in [0.2, 0.25) is 0 Å². The van der Waals surface area contributed by atoms with Crippen LogP contribution in [0.15, 0.2) is 57.7 Å². The van der Waals surface area contributed by atoms with Crippen LogP contribution in [0.1, 0.15) is 22.2 Å². The van der Waals surface area contributed by atoms with Gasteiger partial charge < -0.3 is 14.1 Å². The summed E-state index contributed by atoms with van der Waals surface area (Å²) in [6.45, 7) is 1.57. The molecular formula is C20H19BrN4O3. The lowest BCUT2D eigenvalue weighted by Crippen LogP contribution is -2.29. The molecule has 1 fully saturated rings. The van der Waals surface area contributed by atoms with E-state index in [1.807, 2.05) is 30.3 Å². The molecule has 28 heavy (non-hydrogen) atoms. The number of aromatic nitrogens is 3. The zero-order valence-corrected chi connectivity index (χ0v) is 16.9. The molecule has 1 aliphatic heterocycles. The number of carbonyl (C=O) groups is 1. The lowest BCUT2D eigenvalue weighted by molar-refractivity contribution is 0.0775. The molecular weight excluding hydrogens is 424 g/mol. The Morgan fingerprint density at radius 3 is 2.82 bits per heavy atom. The Morgan fingerprint density at radius 1 is 1.25 bits per heavy atom. The van der Waals surface area contributed by atoms with Crippen molar-refractivity contribution in [3.8, 4) is 11.5 Å². The summed E-state index contributed by atoms with van der Waals surface area (Å²) < 4.78 is 12.1. The summed E-state index contributed by atoms with van der Waals surface area (Å²) in [4.78, 5) is 18.8. The first kappa shape index (κ1) is 18.8. The molecule has 8 heteroatoms. The highest BCUT2D eigenvalue weighted by Crippen LogP contribution is 2.34. The quantitative estimate of drug-likeness (QED) is 0.602. The van der Waals surface area contributed by atoms with Gasteiger partial charge in [-0.25, -0.2) is 0 Å². The van der Waals surface area contributed by atoms with E-state index in [4.69, 9.17) is 9.15 Å². The van der Waals surface area contributed by atoms with E-state index in [0.29, 0.717) is 37.0 Å². The van der Waals surface area contributed by atoms with Gasteiger partial charge in [-0.05, 0) is 34.1 Å². The van der Waals surface area contributed by atoms with E-state index in [-0.39, 0.29) is 17.7 Å². The summed E-state index contributed by atoms with van der Waals surface area (Å²) in [6.07, 6.45) is 3.23. The molecule has 1 aliphatic rings. The topological polar surface area (TPSA) is 81.4 Å². The maximum Gasteiger partial charge on any atom is 0.255 e. The van der Waals surface area contributed by atoms with Gasteiger partial charge in [-0.15, -0.1) is 10.2 Å². The first-order chi connectivity index (χ1) is 13.7. The van der Waals surface area contributed by atoms with Gasteiger partial charge in [0.1, 0.15) is 0 Å². The standard InChI is InChI=1S/C20H19BrN4O3/c1-27-12-15-10-25(20(26)14-7-16(21)9-22-8-14)11-17(15)19-24-23-18(28-19)13-5-3-2-4-6-13/h2-9,15,17H,10-12H2,1H3/t15-,17+/m0/s1. The Labute approximate surface area is 170 Å². The van der Waals surface area contributed by atoms with Gasteiger partial charge in [-0.3, -0.25) is 9.78 Å². The normalized spacial score (nSPS) is 19.1. The summed E-state index contributed by atoms with van der Waals surface area (Å²) in [7, 11) is 1.66. The second kappa shape index (κ2) is 8.20. The predicted molar refractivity (Wildman–Crippen MR) is 106 cm³/mol. The molecule has 4 rings (SSSR count). The molecule has 0 unspecified atom stereocenters. The van der Waals surface area contributed by atoms with E-state index in [1.54, 1.807) is 30.5 Å². The van der Waals surface area contributed by atoms with Gasteiger partial charge in [0, 0.05) is 48.5 Å². The van der Waals surface area contributed by atoms with Gasteiger partial charge in [-0.1, -0.05) is 18.2 Å². The zero-order valence-electron chi connectivity index (χ0n) is 15.3. The molecule has 0 radical (unpaired) electrons. The van der Waals surface area contributed by atoms with Crippen LogP contribution in [-0.4, -0.2) is 52.8 Å². The Kier molecular flexibility index (Phi) is 5.50. The monoisotopic (exact) mass is 442 g/mol. The van der Waals surface area contributed by atoms with Crippen LogP contribution < -0.4 is 0 Å². The molecule has 1 aromatic carbocycles. The van der Waals surface area contributed by atoms with Crippen molar-refractivity contribution in [1.82, 2.24) is 20.1 Å². The van der Waals surface area contributed by atoms with E-state index in [2.05, 4.69) is 31.1 Å². The van der Waals surface area contributed by atoms with Crippen LogP contribution in [-0.2, 0) is 4.74 Å². The molecule has 0 aliphatic carbocycles. The van der Waals surface area contributed by atoms with Crippen molar-refractivity contribution < 1.29 is 13.9 Å². The minimum atomic E-state index is -0.0750. The van der Waals surface area contributed by atoms with Gasteiger partial charge in [0.05, 0.1) is 18.1 Å².